The molecule has 2 aromatic carbocycles. The Bertz CT molecular complexity index is 730. The number of nitrogens with two attached hydrogens (primary N) is 1. The molecule has 0 radical (unpaired) electrons. The summed E-state index contributed by atoms with van der Waals surface area (Å²) in [6.45, 7) is 2.04. The number of hydrogen-bond donors (Lipinski definition) is 2. The quantitative estimate of drug-likeness (QED) is 0.578. The molecule has 7 heteroatoms. The van der Waals surface area contributed by atoms with Crippen LogP contribution in [0.25, 0.3) is 0 Å². The molecule has 21 heavy (non-hydrogen) atoms. The second kappa shape index (κ2) is 6.63. The van der Waals surface area contributed by atoms with Crippen LogP contribution < -0.4 is 15.2 Å². The fourth-order valence-corrected chi connectivity index (χ4v) is 3.09. The van der Waals surface area contributed by atoms with Gasteiger partial charge in [0.05, 0.1) is 10.6 Å². The monoisotopic (exact) mass is 418 g/mol. The number of sulfonamides is 1. The van der Waals surface area contributed by atoms with Crippen molar-refractivity contribution in [3.05, 3.63) is 46.0 Å². The van der Waals surface area contributed by atoms with Crippen molar-refractivity contribution in [1.82, 2.24) is 4.72 Å². The molecule has 2 rings (SSSR count). The third-order valence-electron chi connectivity index (χ3n) is 2.67. The average Bonchev–Trinajstić information content (AvgIpc) is 2.43. The van der Waals surface area contributed by atoms with Gasteiger partial charge in [0.25, 0.3) is 0 Å². The Balaban J connectivity index is 2.33. The van der Waals surface area contributed by atoms with Crippen molar-refractivity contribution in [1.29, 1.82) is 0 Å². The van der Waals surface area contributed by atoms with Crippen LogP contribution in [0, 0.1) is 3.57 Å². The number of nitrogens with one attached hydrogen (secondary N) is 1. The van der Waals surface area contributed by atoms with Crippen LogP contribution in [0.3, 0.4) is 0 Å². The Morgan fingerprint density at radius 1 is 1.19 bits per heavy atom. The fourth-order valence-electron chi connectivity index (χ4n) is 1.67. The maximum Gasteiger partial charge on any atom is 0.240 e. The van der Waals surface area contributed by atoms with Gasteiger partial charge in [-0.05, 0) is 59.0 Å². The Hall–Kier alpha value is -1.32. The van der Waals surface area contributed by atoms with E-state index in [9.17, 15) is 8.42 Å². The topological polar surface area (TPSA) is 81.4 Å². The molecule has 0 unspecified atom stereocenters. The van der Waals surface area contributed by atoms with E-state index in [0.29, 0.717) is 23.7 Å². The van der Waals surface area contributed by atoms with Crippen LogP contribution in [0.1, 0.15) is 6.92 Å². The van der Waals surface area contributed by atoms with Crippen molar-refractivity contribution in [2.45, 2.75) is 11.8 Å². The minimum atomic E-state index is -3.54. The lowest BCUT2D eigenvalue weighted by Crippen LogP contribution is -2.23. The van der Waals surface area contributed by atoms with E-state index < -0.39 is 10.0 Å². The van der Waals surface area contributed by atoms with E-state index in [-0.39, 0.29) is 4.90 Å². The highest BCUT2D eigenvalue weighted by Gasteiger charge is 2.15. The zero-order valence-electron chi connectivity index (χ0n) is 11.3. The van der Waals surface area contributed by atoms with Gasteiger partial charge in [0.1, 0.15) is 5.75 Å². The molecule has 0 aliphatic rings. The zero-order chi connectivity index (χ0) is 15.5. The highest BCUT2D eigenvalue weighted by Crippen LogP contribution is 2.30. The second-order valence-corrected chi connectivity index (χ2v) is 7.27. The van der Waals surface area contributed by atoms with Crippen LogP contribution in [0.15, 0.2) is 47.4 Å². The summed E-state index contributed by atoms with van der Waals surface area (Å²) in [6, 6.07) is 11.8. The molecule has 0 atom stereocenters. The molecule has 2 aromatic rings. The van der Waals surface area contributed by atoms with E-state index in [2.05, 4.69) is 27.3 Å². The van der Waals surface area contributed by atoms with Crippen LogP contribution in [0.4, 0.5) is 5.69 Å². The maximum absolute atomic E-state index is 12.0. The lowest BCUT2D eigenvalue weighted by atomic mass is 10.3. The minimum absolute atomic E-state index is 0.124. The van der Waals surface area contributed by atoms with Crippen molar-refractivity contribution < 1.29 is 13.2 Å². The van der Waals surface area contributed by atoms with Crippen LogP contribution in [-0.4, -0.2) is 15.0 Å². The van der Waals surface area contributed by atoms with Gasteiger partial charge in [0, 0.05) is 16.2 Å². The standard InChI is InChI=1S/C14H15IN2O3S/c1-2-17-21(18,19)12-7-8-13(16)14(9-12)20-11-5-3-10(15)4-6-11/h3-9,17H,2,16H2,1H3. The van der Waals surface area contributed by atoms with Crippen LogP contribution in [-0.2, 0) is 10.0 Å². The van der Waals surface area contributed by atoms with Gasteiger partial charge in [-0.2, -0.15) is 0 Å². The molecule has 0 saturated heterocycles. The molecule has 0 saturated carbocycles. The minimum Gasteiger partial charge on any atom is -0.455 e. The number of nitrogen functional groups attached to an aromatic ring is 1. The Labute approximate surface area is 137 Å². The summed E-state index contributed by atoms with van der Waals surface area (Å²) in [6.07, 6.45) is 0. The first kappa shape index (κ1) is 16.1. The van der Waals surface area contributed by atoms with E-state index >= 15 is 0 Å². The summed E-state index contributed by atoms with van der Waals surface area (Å²) < 4.78 is 33.1. The molecule has 3 N–H and O–H groups in total. The molecule has 0 aliphatic heterocycles. The fraction of sp³-hybridized carbons (Fsp3) is 0.143. The van der Waals surface area contributed by atoms with Crippen molar-refractivity contribution in [3.8, 4) is 11.5 Å². The van der Waals surface area contributed by atoms with Crippen molar-refractivity contribution >= 4 is 38.3 Å². The van der Waals surface area contributed by atoms with Gasteiger partial charge in [-0.15, -0.1) is 0 Å². The largest absolute Gasteiger partial charge is 0.455 e. The number of rotatable bonds is 5. The molecular formula is C14H15IN2O3S. The highest BCUT2D eigenvalue weighted by molar-refractivity contribution is 14.1. The number of halogens is 1. The van der Waals surface area contributed by atoms with Crippen LogP contribution in [0.2, 0.25) is 0 Å². The lowest BCUT2D eigenvalue weighted by molar-refractivity contribution is 0.483. The van der Waals surface area contributed by atoms with Gasteiger partial charge in [-0.3, -0.25) is 0 Å². The predicted octanol–water partition coefficient (Wildman–Crippen LogP) is 2.96. The summed E-state index contributed by atoms with van der Waals surface area (Å²) >= 11 is 2.19. The zero-order valence-corrected chi connectivity index (χ0v) is 14.3. The molecule has 0 heterocycles. The number of hydrogen-bond acceptors (Lipinski definition) is 4. The Morgan fingerprint density at radius 2 is 1.86 bits per heavy atom. The van der Waals surface area contributed by atoms with Crippen molar-refractivity contribution in [2.75, 3.05) is 12.3 Å². The first-order valence-electron chi connectivity index (χ1n) is 6.25. The van der Waals surface area contributed by atoms with Gasteiger partial charge < -0.3 is 10.5 Å². The van der Waals surface area contributed by atoms with Gasteiger partial charge in [0.2, 0.25) is 10.0 Å². The Kier molecular flexibility index (Phi) is 5.07. The van der Waals surface area contributed by atoms with Gasteiger partial charge in [0.15, 0.2) is 5.75 Å². The second-order valence-electron chi connectivity index (χ2n) is 4.26. The van der Waals surface area contributed by atoms with Gasteiger partial charge >= 0.3 is 0 Å². The third-order valence-corrected chi connectivity index (χ3v) is 4.93. The highest BCUT2D eigenvalue weighted by atomic mass is 127. The van der Waals surface area contributed by atoms with Crippen molar-refractivity contribution in [3.63, 3.8) is 0 Å². The summed E-state index contributed by atoms with van der Waals surface area (Å²) in [7, 11) is -3.54. The van der Waals surface area contributed by atoms with Gasteiger partial charge in [-0.1, -0.05) is 6.92 Å². The number of benzene rings is 2. The number of anilines is 1. The van der Waals surface area contributed by atoms with E-state index in [4.69, 9.17) is 10.5 Å². The lowest BCUT2D eigenvalue weighted by Gasteiger charge is -2.11. The van der Waals surface area contributed by atoms with E-state index in [1.807, 2.05) is 12.1 Å². The van der Waals surface area contributed by atoms with E-state index in [1.54, 1.807) is 19.1 Å². The normalized spacial score (nSPS) is 11.3. The third kappa shape index (κ3) is 4.08. The molecule has 112 valence electrons. The molecule has 0 amide bonds. The van der Waals surface area contributed by atoms with Crippen molar-refractivity contribution in [2.24, 2.45) is 0 Å². The maximum atomic E-state index is 12.0. The molecule has 0 aliphatic carbocycles. The molecule has 0 bridgehead atoms. The van der Waals surface area contributed by atoms with Crippen LogP contribution >= 0.6 is 22.6 Å². The summed E-state index contributed by atoms with van der Waals surface area (Å²) in [5, 5.41) is 0. The Morgan fingerprint density at radius 3 is 2.48 bits per heavy atom. The SMILES string of the molecule is CCNS(=O)(=O)c1ccc(N)c(Oc2ccc(I)cc2)c1. The van der Waals surface area contributed by atoms with E-state index in [1.165, 1.54) is 18.2 Å². The molecule has 0 aromatic heterocycles. The molecular weight excluding hydrogens is 403 g/mol. The first-order chi connectivity index (χ1) is 9.92. The summed E-state index contributed by atoms with van der Waals surface area (Å²) in [5.41, 5.74) is 6.22. The summed E-state index contributed by atoms with van der Waals surface area (Å²) in [5.74, 6) is 0.912. The number of ether oxygens (including phenoxy) is 1. The first-order valence-corrected chi connectivity index (χ1v) is 8.81. The average molecular weight is 418 g/mol. The van der Waals surface area contributed by atoms with Crippen LogP contribution in [0.5, 0.6) is 11.5 Å². The summed E-state index contributed by atoms with van der Waals surface area (Å²) in [4.78, 5) is 0.124. The molecule has 0 fully saturated rings. The van der Waals surface area contributed by atoms with Gasteiger partial charge in [-0.25, -0.2) is 13.1 Å². The molecule has 5 nitrogen and oxygen atoms in total. The smallest absolute Gasteiger partial charge is 0.240 e. The van der Waals surface area contributed by atoms with E-state index in [0.717, 1.165) is 3.57 Å². The predicted molar refractivity (Wildman–Crippen MR) is 90.9 cm³/mol. The molecule has 0 spiro atoms.